The molecule has 1 amide bonds. The zero-order valence-electron chi connectivity index (χ0n) is 28.4. The maximum Gasteiger partial charge on any atom is 0.408 e. The number of carbonyl (C=O) groups excluding carboxylic acids is 5. The Kier molecular flexibility index (Phi) is 13.0. The molecule has 0 bridgehead atoms. The smallest absolute Gasteiger partial charge is 0.408 e. The summed E-state index contributed by atoms with van der Waals surface area (Å²) in [5.41, 5.74) is -3.26. The van der Waals surface area contributed by atoms with Crippen LogP contribution in [0.15, 0.2) is 47.2 Å². The predicted molar refractivity (Wildman–Crippen MR) is 180 cm³/mol. The first-order valence-corrected chi connectivity index (χ1v) is 17.1. The molecule has 0 saturated heterocycles. The maximum atomic E-state index is 13.4. The quantitative estimate of drug-likeness (QED) is 0.141. The minimum atomic E-state index is -1.43. The normalized spacial score (nSPS) is 15.1. The second kappa shape index (κ2) is 16.4. The van der Waals surface area contributed by atoms with Gasteiger partial charge in [0.1, 0.15) is 35.0 Å². The summed E-state index contributed by atoms with van der Waals surface area (Å²) in [5, 5.41) is 15.2. The van der Waals surface area contributed by atoms with Crippen molar-refractivity contribution in [1.29, 1.82) is 0 Å². The highest BCUT2D eigenvalue weighted by molar-refractivity contribution is 8.03. The van der Waals surface area contributed by atoms with E-state index in [0.29, 0.717) is 16.9 Å². The number of aliphatic carboxylic acids is 1. The molecule has 13 nitrogen and oxygen atoms in total. The van der Waals surface area contributed by atoms with Crippen molar-refractivity contribution in [3.8, 4) is 11.5 Å². The van der Waals surface area contributed by atoms with Gasteiger partial charge in [-0.3, -0.25) is 14.4 Å². The number of esters is 4. The van der Waals surface area contributed by atoms with Gasteiger partial charge in [0.25, 0.3) is 0 Å². The molecule has 2 atom stereocenters. The van der Waals surface area contributed by atoms with Gasteiger partial charge in [0.15, 0.2) is 11.5 Å². The Bertz CT molecular complexity index is 1570. The molecule has 2 heterocycles. The third-order valence-electron chi connectivity index (χ3n) is 6.76. The van der Waals surface area contributed by atoms with Crippen LogP contribution < -0.4 is 14.8 Å². The van der Waals surface area contributed by atoms with Gasteiger partial charge in [-0.15, -0.1) is 23.1 Å². The predicted octanol–water partition coefficient (Wildman–Crippen LogP) is 5.55. The monoisotopic (exact) mass is 719 g/mol. The van der Waals surface area contributed by atoms with E-state index in [1.54, 1.807) is 43.7 Å². The van der Waals surface area contributed by atoms with Gasteiger partial charge in [-0.1, -0.05) is 18.2 Å². The van der Waals surface area contributed by atoms with Crippen LogP contribution >= 0.6 is 23.1 Å². The van der Waals surface area contributed by atoms with Crippen molar-refractivity contribution in [1.82, 2.24) is 5.32 Å². The second-order valence-corrected chi connectivity index (χ2v) is 15.5. The molecule has 1 aliphatic rings. The van der Waals surface area contributed by atoms with Crippen molar-refractivity contribution in [2.45, 2.75) is 78.2 Å². The largest absolute Gasteiger partial charge is 0.480 e. The van der Waals surface area contributed by atoms with Crippen molar-refractivity contribution in [2.24, 2.45) is 10.8 Å². The lowest BCUT2D eigenvalue weighted by atomic mass is 9.95. The summed E-state index contributed by atoms with van der Waals surface area (Å²) in [6, 6.07) is 5.91. The summed E-state index contributed by atoms with van der Waals surface area (Å²) in [4.78, 5) is 76.2. The fraction of sp³-hybridized carbons (Fsp3) is 0.471. The van der Waals surface area contributed by atoms with Gasteiger partial charge in [0.2, 0.25) is 0 Å². The number of carboxylic acid groups (broad SMARTS) is 1. The first kappa shape index (κ1) is 39.1. The van der Waals surface area contributed by atoms with Crippen molar-refractivity contribution in [2.75, 3.05) is 13.2 Å². The molecule has 0 radical (unpaired) electrons. The Morgan fingerprint density at radius 1 is 0.898 bits per heavy atom. The molecule has 0 saturated carbocycles. The number of allylic oxidation sites excluding steroid dienone is 1. The van der Waals surface area contributed by atoms with Gasteiger partial charge in [0.05, 0.1) is 10.8 Å². The summed E-state index contributed by atoms with van der Waals surface area (Å²) in [5.74, 6) is -4.51. The van der Waals surface area contributed by atoms with Crippen molar-refractivity contribution in [3.05, 3.63) is 57.6 Å². The Morgan fingerprint density at radius 3 is 2.08 bits per heavy atom. The summed E-state index contributed by atoms with van der Waals surface area (Å²) in [6.45, 7) is 10.3. The first-order chi connectivity index (χ1) is 22.8. The molecule has 2 N–H and O–H groups in total. The summed E-state index contributed by atoms with van der Waals surface area (Å²) in [7, 11) is 0. The van der Waals surface area contributed by atoms with E-state index in [1.165, 1.54) is 69.0 Å². The third kappa shape index (κ3) is 11.9. The second-order valence-electron chi connectivity index (χ2n) is 13.5. The fourth-order valence-corrected chi connectivity index (χ4v) is 5.35. The van der Waals surface area contributed by atoms with Crippen molar-refractivity contribution in [3.63, 3.8) is 0 Å². The Morgan fingerprint density at radius 2 is 1.53 bits per heavy atom. The average molecular weight is 720 g/mol. The summed E-state index contributed by atoms with van der Waals surface area (Å²) in [6.07, 6.45) is 1.16. The molecular formula is C34H41NO12S2. The Balaban J connectivity index is 1.82. The van der Waals surface area contributed by atoms with E-state index < -0.39 is 63.7 Å². The number of amides is 1. The number of thioether (sulfide) groups is 1. The number of carboxylic acids is 1. The van der Waals surface area contributed by atoms with Gasteiger partial charge in [-0.2, -0.15) is 0 Å². The lowest BCUT2D eigenvalue weighted by Crippen LogP contribution is -2.44. The summed E-state index contributed by atoms with van der Waals surface area (Å²) >= 11 is 2.51. The van der Waals surface area contributed by atoms with Gasteiger partial charge in [0, 0.05) is 6.42 Å². The molecule has 15 heteroatoms. The standard InChI is InChI=1S/C34H41NO12S2/c1-32(2,3)47-31(42)35-21(26(36)37)16-20-12-13-22(45-29(40)33(4,5)18-43-27(38)24-10-8-14-48-24)23(17-20)46-30(41)34(6,7)19-44-28(39)25-11-9-15-49-25/h8-10,12-15,17,21,25H,11,16,18-19H2,1-7H3,(H,35,42)(H,36,37)/t21-,25?/m0/s1. The number of thiophene rings is 1. The maximum absolute atomic E-state index is 13.4. The lowest BCUT2D eigenvalue weighted by Gasteiger charge is -2.25. The number of rotatable bonds is 14. The SMILES string of the molecule is CC(C)(C)OC(=O)N[C@@H](Cc1ccc(OC(=O)C(C)(C)COC(=O)c2cccs2)c(OC(=O)C(C)(C)COC(=O)C2CC=CS2)c1)C(=O)O. The van der Waals surface area contributed by atoms with Crippen LogP contribution in [0.3, 0.4) is 0 Å². The van der Waals surface area contributed by atoms with E-state index in [1.807, 2.05) is 6.08 Å². The zero-order chi connectivity index (χ0) is 36.6. The molecule has 3 rings (SSSR count). The van der Waals surface area contributed by atoms with Crippen LogP contribution in [0, 0.1) is 10.8 Å². The van der Waals surface area contributed by atoms with E-state index >= 15 is 0 Å². The third-order valence-corrected chi connectivity index (χ3v) is 8.67. The van der Waals surface area contributed by atoms with Crippen LogP contribution in [0.4, 0.5) is 4.79 Å². The molecule has 266 valence electrons. The van der Waals surface area contributed by atoms with E-state index in [9.17, 15) is 33.9 Å². The highest BCUT2D eigenvalue weighted by atomic mass is 32.2. The van der Waals surface area contributed by atoms with Crippen LogP contribution in [0.25, 0.3) is 0 Å². The summed E-state index contributed by atoms with van der Waals surface area (Å²) < 4.78 is 27.2. The van der Waals surface area contributed by atoms with Gasteiger partial charge < -0.3 is 34.1 Å². The number of nitrogens with one attached hydrogen (secondary N) is 1. The molecule has 1 unspecified atom stereocenters. The van der Waals surface area contributed by atoms with E-state index in [4.69, 9.17) is 23.7 Å². The molecule has 1 aliphatic heterocycles. The zero-order valence-corrected chi connectivity index (χ0v) is 30.0. The minimum Gasteiger partial charge on any atom is -0.480 e. The van der Waals surface area contributed by atoms with E-state index in [0.717, 1.165) is 0 Å². The highest BCUT2D eigenvalue weighted by Crippen LogP contribution is 2.34. The number of alkyl carbamates (subject to hydrolysis) is 1. The molecule has 1 aromatic carbocycles. The number of benzene rings is 1. The van der Waals surface area contributed by atoms with Crippen LogP contribution in [-0.2, 0) is 39.8 Å². The van der Waals surface area contributed by atoms with Crippen LogP contribution in [0.1, 0.15) is 70.1 Å². The van der Waals surface area contributed by atoms with Crippen molar-refractivity contribution >= 4 is 59.0 Å². The van der Waals surface area contributed by atoms with Crippen LogP contribution in [-0.4, -0.2) is 71.2 Å². The molecule has 2 aromatic rings. The van der Waals surface area contributed by atoms with Gasteiger partial charge in [-0.05, 0) is 89.4 Å². The molecular weight excluding hydrogens is 679 g/mol. The van der Waals surface area contributed by atoms with Crippen LogP contribution in [0.5, 0.6) is 11.5 Å². The average Bonchev–Trinajstić information content (AvgIpc) is 3.74. The van der Waals surface area contributed by atoms with Gasteiger partial charge in [-0.25, -0.2) is 14.4 Å². The molecule has 0 spiro atoms. The van der Waals surface area contributed by atoms with Gasteiger partial charge >= 0.3 is 35.9 Å². The highest BCUT2D eigenvalue weighted by Gasteiger charge is 2.36. The fourth-order valence-electron chi connectivity index (χ4n) is 3.92. The van der Waals surface area contributed by atoms with Crippen LogP contribution in [0.2, 0.25) is 0 Å². The Labute approximate surface area is 292 Å². The lowest BCUT2D eigenvalue weighted by molar-refractivity contribution is -0.155. The molecule has 0 fully saturated rings. The number of carbonyl (C=O) groups is 6. The molecule has 1 aromatic heterocycles. The topological polar surface area (TPSA) is 181 Å². The molecule has 49 heavy (non-hydrogen) atoms. The first-order valence-electron chi connectivity index (χ1n) is 15.2. The number of hydrogen-bond acceptors (Lipinski definition) is 13. The van der Waals surface area contributed by atoms with Crippen molar-refractivity contribution < 1.29 is 57.6 Å². The number of ether oxygens (including phenoxy) is 5. The minimum absolute atomic E-state index is 0.187. The molecule has 0 aliphatic carbocycles. The Hall–Kier alpha value is -4.37. The number of hydrogen-bond donors (Lipinski definition) is 2. The van der Waals surface area contributed by atoms with E-state index in [2.05, 4.69) is 5.32 Å². The van der Waals surface area contributed by atoms with E-state index in [-0.39, 0.29) is 31.1 Å².